The van der Waals surface area contributed by atoms with Crippen LogP contribution in [0.3, 0.4) is 0 Å². The van der Waals surface area contributed by atoms with Gasteiger partial charge in [-0.05, 0) is 73.0 Å². The van der Waals surface area contributed by atoms with Gasteiger partial charge in [-0.15, -0.1) is 0 Å². The zero-order valence-corrected chi connectivity index (χ0v) is 21.2. The van der Waals surface area contributed by atoms with Crippen molar-refractivity contribution in [2.75, 3.05) is 19.1 Å². The van der Waals surface area contributed by atoms with Crippen LogP contribution in [0.1, 0.15) is 35.2 Å². The van der Waals surface area contributed by atoms with E-state index in [2.05, 4.69) is 0 Å². The summed E-state index contributed by atoms with van der Waals surface area (Å²) in [6, 6.07) is 15.9. The van der Waals surface area contributed by atoms with Gasteiger partial charge in [0.15, 0.2) is 0 Å². The summed E-state index contributed by atoms with van der Waals surface area (Å²) in [5, 5.41) is 11.5. The maximum atomic E-state index is 13.5. The molecule has 0 aliphatic carbocycles. The molecule has 0 spiro atoms. The van der Waals surface area contributed by atoms with Crippen molar-refractivity contribution < 1.29 is 33.7 Å². The highest BCUT2D eigenvalue weighted by Crippen LogP contribution is 2.44. The van der Waals surface area contributed by atoms with E-state index in [1.807, 2.05) is 19.9 Å². The molecule has 8 nitrogen and oxygen atoms in total. The average Bonchev–Trinajstić information content (AvgIpc) is 3.12. The second-order valence-corrected chi connectivity index (χ2v) is 8.75. The number of hydrogen-bond acceptors (Lipinski definition) is 7. The van der Waals surface area contributed by atoms with Crippen molar-refractivity contribution in [3.63, 3.8) is 0 Å². The summed E-state index contributed by atoms with van der Waals surface area (Å²) in [6.07, 6.45) is 0. The van der Waals surface area contributed by atoms with Crippen LogP contribution < -0.4 is 19.1 Å². The molecule has 37 heavy (non-hydrogen) atoms. The van der Waals surface area contributed by atoms with Gasteiger partial charge in [-0.25, -0.2) is 0 Å². The second kappa shape index (κ2) is 10.2. The molecule has 1 N–H and O–H groups in total. The van der Waals surface area contributed by atoms with Gasteiger partial charge in [-0.2, -0.15) is 0 Å². The third-order valence-electron chi connectivity index (χ3n) is 6.03. The lowest BCUT2D eigenvalue weighted by atomic mass is 9.94. The number of amides is 1. The van der Waals surface area contributed by atoms with Gasteiger partial charge in [0, 0.05) is 12.6 Å². The van der Waals surface area contributed by atoms with Crippen molar-refractivity contribution in [1.29, 1.82) is 0 Å². The molecule has 3 aromatic carbocycles. The largest absolute Gasteiger partial charge is 0.507 e. The minimum atomic E-state index is -1.01. The van der Waals surface area contributed by atoms with Crippen molar-refractivity contribution in [2.24, 2.45) is 0 Å². The molecule has 0 aromatic heterocycles. The number of anilines is 1. The quantitative estimate of drug-likeness (QED) is 0.169. The Balaban J connectivity index is 2.01. The van der Waals surface area contributed by atoms with Gasteiger partial charge in [0.05, 0.1) is 31.4 Å². The lowest BCUT2D eigenvalue weighted by Gasteiger charge is -2.26. The molecule has 1 fully saturated rings. The van der Waals surface area contributed by atoms with E-state index >= 15 is 0 Å². The summed E-state index contributed by atoms with van der Waals surface area (Å²) in [5.41, 5.74) is 2.84. The lowest BCUT2D eigenvalue weighted by molar-refractivity contribution is -0.132. The summed E-state index contributed by atoms with van der Waals surface area (Å²) in [5.74, 6) is -1.61. The summed E-state index contributed by atoms with van der Waals surface area (Å²) in [6.45, 7) is 5.07. The third kappa shape index (κ3) is 4.91. The average molecular weight is 502 g/mol. The lowest BCUT2D eigenvalue weighted by Crippen LogP contribution is -2.29. The molecule has 1 aliphatic rings. The minimum Gasteiger partial charge on any atom is -0.507 e. The normalized spacial score (nSPS) is 16.6. The van der Waals surface area contributed by atoms with E-state index in [-0.39, 0.29) is 16.9 Å². The Bertz CT molecular complexity index is 1420. The summed E-state index contributed by atoms with van der Waals surface area (Å²) in [7, 11) is 2.91. The van der Waals surface area contributed by atoms with Crippen LogP contribution in [0.5, 0.6) is 17.2 Å². The predicted octanol–water partition coefficient (Wildman–Crippen LogP) is 4.87. The number of hydrogen-bond donors (Lipinski definition) is 1. The van der Waals surface area contributed by atoms with Crippen LogP contribution in [0.25, 0.3) is 5.76 Å². The summed E-state index contributed by atoms with van der Waals surface area (Å²) in [4.78, 5) is 39.9. The van der Waals surface area contributed by atoms with Crippen LogP contribution in [0, 0.1) is 13.8 Å². The number of aliphatic hydroxyl groups is 1. The highest BCUT2D eigenvalue weighted by molar-refractivity contribution is 6.51. The first-order valence-electron chi connectivity index (χ1n) is 11.5. The third-order valence-corrected chi connectivity index (χ3v) is 6.03. The number of esters is 1. The minimum absolute atomic E-state index is 0.129. The van der Waals surface area contributed by atoms with Crippen molar-refractivity contribution in [3.8, 4) is 17.2 Å². The Morgan fingerprint density at radius 2 is 1.59 bits per heavy atom. The van der Waals surface area contributed by atoms with E-state index in [0.29, 0.717) is 22.7 Å². The van der Waals surface area contributed by atoms with Gasteiger partial charge in [0.1, 0.15) is 23.0 Å². The van der Waals surface area contributed by atoms with Crippen molar-refractivity contribution in [3.05, 3.63) is 88.5 Å². The van der Waals surface area contributed by atoms with Crippen LogP contribution in [0.4, 0.5) is 5.69 Å². The van der Waals surface area contributed by atoms with E-state index in [0.717, 1.165) is 11.1 Å². The number of methoxy groups -OCH3 is 2. The van der Waals surface area contributed by atoms with E-state index in [4.69, 9.17) is 14.2 Å². The molecule has 190 valence electrons. The number of Topliss-reactive ketones (excluding diaryl/α,β-unsaturated/α-hetero) is 1. The van der Waals surface area contributed by atoms with Gasteiger partial charge in [0.25, 0.3) is 11.7 Å². The first-order chi connectivity index (χ1) is 17.6. The molecule has 4 rings (SSSR count). The molecule has 1 unspecified atom stereocenters. The number of benzene rings is 3. The topological polar surface area (TPSA) is 102 Å². The van der Waals surface area contributed by atoms with Crippen LogP contribution >= 0.6 is 0 Å². The fourth-order valence-corrected chi connectivity index (χ4v) is 4.56. The highest BCUT2D eigenvalue weighted by Gasteiger charge is 2.47. The van der Waals surface area contributed by atoms with Crippen molar-refractivity contribution in [1.82, 2.24) is 0 Å². The molecule has 1 heterocycles. The fourth-order valence-electron chi connectivity index (χ4n) is 4.56. The monoisotopic (exact) mass is 501 g/mol. The van der Waals surface area contributed by atoms with E-state index in [1.165, 1.54) is 32.1 Å². The molecule has 0 saturated carbocycles. The summed E-state index contributed by atoms with van der Waals surface area (Å²) < 4.78 is 16.0. The number of aryl methyl sites for hydroxylation is 2. The Morgan fingerprint density at radius 1 is 0.892 bits per heavy atom. The maximum Gasteiger partial charge on any atom is 0.308 e. The zero-order chi connectivity index (χ0) is 26.9. The molecule has 3 aromatic rings. The molecule has 0 radical (unpaired) electrons. The molecule has 1 saturated heterocycles. The SMILES string of the molecule is COc1ccc(OC)c(/C(O)=C2\C(=O)C(=O)N(c3cc(C)cc(C)c3)C2c2cccc(OC(C)=O)c2)c1. The molecular weight excluding hydrogens is 474 g/mol. The fraction of sp³-hybridized carbons (Fsp3) is 0.207. The number of carbonyl (C=O) groups is 3. The zero-order valence-electron chi connectivity index (χ0n) is 21.2. The van der Waals surface area contributed by atoms with E-state index < -0.39 is 29.5 Å². The number of nitrogens with zero attached hydrogens (tertiary/aromatic N) is 1. The Hall–Kier alpha value is -4.59. The highest BCUT2D eigenvalue weighted by atomic mass is 16.5. The first kappa shape index (κ1) is 25.5. The van der Waals surface area contributed by atoms with Gasteiger partial charge < -0.3 is 19.3 Å². The van der Waals surface area contributed by atoms with Crippen LogP contribution in [0.2, 0.25) is 0 Å². The van der Waals surface area contributed by atoms with Crippen LogP contribution in [0.15, 0.2) is 66.2 Å². The standard InChI is InChI=1S/C29H27NO7/c1-16-11-17(2)13-20(12-16)30-26(19-7-6-8-22(14-19)37-18(3)31)25(28(33)29(30)34)27(32)23-15-21(35-4)9-10-24(23)36-5/h6-15,26,32H,1-5H3/b27-25+. The molecular formula is C29H27NO7. The van der Waals surface area contributed by atoms with Gasteiger partial charge in [0.2, 0.25) is 0 Å². The number of ketones is 1. The van der Waals surface area contributed by atoms with E-state index in [1.54, 1.807) is 48.5 Å². The van der Waals surface area contributed by atoms with Gasteiger partial charge in [-0.3, -0.25) is 19.3 Å². The number of ether oxygens (including phenoxy) is 3. The van der Waals surface area contributed by atoms with Crippen molar-refractivity contribution in [2.45, 2.75) is 26.8 Å². The van der Waals surface area contributed by atoms with E-state index in [9.17, 15) is 19.5 Å². The Kier molecular flexibility index (Phi) is 7.02. The predicted molar refractivity (Wildman–Crippen MR) is 138 cm³/mol. The molecule has 8 heteroatoms. The van der Waals surface area contributed by atoms with Crippen molar-refractivity contribution >= 4 is 29.1 Å². The molecule has 0 bridgehead atoms. The molecule has 1 aliphatic heterocycles. The maximum absolute atomic E-state index is 13.5. The Morgan fingerprint density at radius 3 is 2.22 bits per heavy atom. The Labute approximate surface area is 214 Å². The molecule has 1 atom stereocenters. The number of rotatable bonds is 6. The second-order valence-electron chi connectivity index (χ2n) is 8.75. The van der Waals surface area contributed by atoms with Gasteiger partial charge in [-0.1, -0.05) is 18.2 Å². The van der Waals surface area contributed by atoms with Crippen LogP contribution in [-0.2, 0) is 14.4 Å². The number of carbonyl (C=O) groups excluding carboxylic acids is 3. The summed E-state index contributed by atoms with van der Waals surface area (Å²) >= 11 is 0. The smallest absolute Gasteiger partial charge is 0.308 e. The van der Waals surface area contributed by atoms with Gasteiger partial charge >= 0.3 is 5.97 Å². The van der Waals surface area contributed by atoms with Crippen LogP contribution in [-0.4, -0.2) is 37.0 Å². The number of aliphatic hydroxyl groups excluding tert-OH is 1. The first-order valence-corrected chi connectivity index (χ1v) is 11.5. The molecule has 1 amide bonds.